The Morgan fingerprint density at radius 1 is 1.36 bits per heavy atom. The molecule has 0 saturated heterocycles. The van der Waals surface area contributed by atoms with Crippen LogP contribution in [0.2, 0.25) is 0 Å². The summed E-state index contributed by atoms with van der Waals surface area (Å²) in [4.78, 5) is 0. The third kappa shape index (κ3) is 1.72. The third-order valence-electron chi connectivity index (χ3n) is 2.70. The van der Waals surface area contributed by atoms with Crippen LogP contribution >= 0.6 is 0 Å². The van der Waals surface area contributed by atoms with Gasteiger partial charge in [0.1, 0.15) is 0 Å². The van der Waals surface area contributed by atoms with Crippen LogP contribution in [-0.4, -0.2) is 17.2 Å². The van der Waals surface area contributed by atoms with Crippen molar-refractivity contribution in [3.05, 3.63) is 17.3 Å². The fourth-order valence-electron chi connectivity index (χ4n) is 1.64. The van der Waals surface area contributed by atoms with E-state index in [1.807, 2.05) is 7.05 Å². The summed E-state index contributed by atoms with van der Waals surface area (Å²) < 4.78 is 0. The number of aromatic nitrogens is 2. The predicted octanol–water partition coefficient (Wildman–Crippen LogP) is 2.52. The van der Waals surface area contributed by atoms with Gasteiger partial charge in [-0.05, 0) is 24.8 Å². The first-order valence-corrected chi connectivity index (χ1v) is 5.27. The molecule has 0 radical (unpaired) electrons. The standard InChI is InChI=1S/C11H17N3/c1-7(2)9-6-10(8-4-5-8)13-14-11(9)12-3/h6-8H,4-5H2,1-3H3,(H,12,14). The van der Waals surface area contributed by atoms with Crippen LogP contribution in [-0.2, 0) is 0 Å². The van der Waals surface area contributed by atoms with Gasteiger partial charge in [0, 0.05) is 18.5 Å². The van der Waals surface area contributed by atoms with Crippen molar-refractivity contribution in [2.24, 2.45) is 0 Å². The highest BCUT2D eigenvalue weighted by molar-refractivity contribution is 5.45. The van der Waals surface area contributed by atoms with E-state index in [1.54, 1.807) is 0 Å². The van der Waals surface area contributed by atoms with Crippen LogP contribution in [0.4, 0.5) is 5.82 Å². The Hall–Kier alpha value is -1.12. The second-order valence-electron chi connectivity index (χ2n) is 4.25. The van der Waals surface area contributed by atoms with Crippen molar-refractivity contribution >= 4 is 5.82 Å². The summed E-state index contributed by atoms with van der Waals surface area (Å²) in [5.41, 5.74) is 2.46. The van der Waals surface area contributed by atoms with Gasteiger partial charge in [-0.25, -0.2) is 0 Å². The van der Waals surface area contributed by atoms with E-state index in [0.717, 1.165) is 5.82 Å². The summed E-state index contributed by atoms with van der Waals surface area (Å²) >= 11 is 0. The zero-order valence-electron chi connectivity index (χ0n) is 9.04. The molecule has 0 unspecified atom stereocenters. The zero-order chi connectivity index (χ0) is 10.1. The van der Waals surface area contributed by atoms with Crippen molar-refractivity contribution in [3.8, 4) is 0 Å². The Kier molecular flexibility index (Phi) is 2.40. The Morgan fingerprint density at radius 3 is 2.57 bits per heavy atom. The molecule has 14 heavy (non-hydrogen) atoms. The smallest absolute Gasteiger partial charge is 0.151 e. The van der Waals surface area contributed by atoms with E-state index >= 15 is 0 Å². The van der Waals surface area contributed by atoms with Gasteiger partial charge in [0.15, 0.2) is 5.82 Å². The van der Waals surface area contributed by atoms with Crippen molar-refractivity contribution in [2.75, 3.05) is 12.4 Å². The highest BCUT2D eigenvalue weighted by atomic mass is 15.2. The lowest BCUT2D eigenvalue weighted by Crippen LogP contribution is -2.04. The van der Waals surface area contributed by atoms with Crippen LogP contribution in [0.3, 0.4) is 0 Å². The van der Waals surface area contributed by atoms with Gasteiger partial charge in [0.2, 0.25) is 0 Å². The normalized spacial score (nSPS) is 16.0. The Labute approximate surface area is 84.9 Å². The topological polar surface area (TPSA) is 37.8 Å². The average Bonchev–Trinajstić information content (AvgIpc) is 3.00. The zero-order valence-corrected chi connectivity index (χ0v) is 9.04. The van der Waals surface area contributed by atoms with Gasteiger partial charge in [0.25, 0.3) is 0 Å². The van der Waals surface area contributed by atoms with Gasteiger partial charge >= 0.3 is 0 Å². The monoisotopic (exact) mass is 191 g/mol. The molecule has 0 aromatic carbocycles. The molecular weight excluding hydrogens is 174 g/mol. The van der Waals surface area contributed by atoms with Crippen molar-refractivity contribution in [3.63, 3.8) is 0 Å². The first-order chi connectivity index (χ1) is 6.72. The van der Waals surface area contributed by atoms with E-state index in [9.17, 15) is 0 Å². The predicted molar refractivity (Wildman–Crippen MR) is 57.6 cm³/mol. The van der Waals surface area contributed by atoms with Crippen molar-refractivity contribution in [1.29, 1.82) is 0 Å². The molecule has 0 aliphatic heterocycles. The van der Waals surface area contributed by atoms with Gasteiger partial charge in [-0.15, -0.1) is 5.10 Å². The summed E-state index contributed by atoms with van der Waals surface area (Å²) in [6.45, 7) is 4.38. The third-order valence-corrected chi connectivity index (χ3v) is 2.70. The van der Waals surface area contributed by atoms with Crippen LogP contribution < -0.4 is 5.32 Å². The Morgan fingerprint density at radius 2 is 2.07 bits per heavy atom. The maximum Gasteiger partial charge on any atom is 0.151 e. The van der Waals surface area contributed by atoms with Crippen LogP contribution in [0.1, 0.15) is 49.8 Å². The van der Waals surface area contributed by atoms with Crippen LogP contribution in [0, 0.1) is 0 Å². The molecule has 3 nitrogen and oxygen atoms in total. The van der Waals surface area contributed by atoms with Gasteiger partial charge in [-0.1, -0.05) is 13.8 Å². The summed E-state index contributed by atoms with van der Waals surface area (Å²) in [6.07, 6.45) is 2.57. The molecule has 1 heterocycles. The lowest BCUT2D eigenvalue weighted by atomic mass is 10.0. The largest absolute Gasteiger partial charge is 0.371 e. The van der Waals surface area contributed by atoms with Crippen molar-refractivity contribution in [1.82, 2.24) is 10.2 Å². The quantitative estimate of drug-likeness (QED) is 0.797. The van der Waals surface area contributed by atoms with Crippen molar-refractivity contribution in [2.45, 2.75) is 38.5 Å². The van der Waals surface area contributed by atoms with Gasteiger partial charge in [-0.2, -0.15) is 5.10 Å². The number of nitrogens with zero attached hydrogens (tertiary/aromatic N) is 2. The summed E-state index contributed by atoms with van der Waals surface area (Å²) in [7, 11) is 1.90. The van der Waals surface area contributed by atoms with E-state index in [0.29, 0.717) is 11.8 Å². The summed E-state index contributed by atoms with van der Waals surface area (Å²) in [6, 6.07) is 2.21. The highest BCUT2D eigenvalue weighted by Gasteiger charge is 2.26. The van der Waals surface area contributed by atoms with E-state index in [1.165, 1.54) is 24.1 Å². The SMILES string of the molecule is CNc1nnc(C2CC2)cc1C(C)C. The van der Waals surface area contributed by atoms with E-state index < -0.39 is 0 Å². The lowest BCUT2D eigenvalue weighted by Gasteiger charge is -2.11. The second-order valence-corrected chi connectivity index (χ2v) is 4.25. The maximum atomic E-state index is 4.24. The summed E-state index contributed by atoms with van der Waals surface area (Å²) in [5.74, 6) is 2.11. The van der Waals surface area contributed by atoms with Gasteiger partial charge < -0.3 is 5.32 Å². The van der Waals surface area contributed by atoms with E-state index in [2.05, 4.69) is 35.4 Å². The molecule has 1 aromatic rings. The molecule has 0 atom stereocenters. The molecule has 1 aliphatic rings. The molecule has 0 spiro atoms. The molecular formula is C11H17N3. The molecule has 76 valence electrons. The summed E-state index contributed by atoms with van der Waals surface area (Å²) in [5, 5.41) is 11.6. The molecule has 0 amide bonds. The second kappa shape index (κ2) is 3.56. The fraction of sp³-hybridized carbons (Fsp3) is 0.636. The molecule has 3 heteroatoms. The highest BCUT2D eigenvalue weighted by Crippen LogP contribution is 2.40. The maximum absolute atomic E-state index is 4.24. The number of nitrogens with one attached hydrogen (secondary N) is 1. The van der Waals surface area contributed by atoms with E-state index in [-0.39, 0.29) is 0 Å². The van der Waals surface area contributed by atoms with Crippen LogP contribution in [0.25, 0.3) is 0 Å². The molecule has 2 rings (SSSR count). The average molecular weight is 191 g/mol. The van der Waals surface area contributed by atoms with E-state index in [4.69, 9.17) is 0 Å². The van der Waals surface area contributed by atoms with Crippen molar-refractivity contribution < 1.29 is 0 Å². The first kappa shape index (κ1) is 9.44. The lowest BCUT2D eigenvalue weighted by molar-refractivity contribution is 0.820. The molecule has 1 saturated carbocycles. The number of rotatable bonds is 3. The minimum Gasteiger partial charge on any atom is -0.371 e. The Bertz CT molecular complexity index is 329. The van der Waals surface area contributed by atoms with Crippen LogP contribution in [0.15, 0.2) is 6.07 Å². The number of anilines is 1. The van der Waals surface area contributed by atoms with Crippen LogP contribution in [0.5, 0.6) is 0 Å². The minimum absolute atomic E-state index is 0.505. The van der Waals surface area contributed by atoms with Gasteiger partial charge in [-0.3, -0.25) is 0 Å². The molecule has 0 bridgehead atoms. The molecule has 1 fully saturated rings. The first-order valence-electron chi connectivity index (χ1n) is 5.27. The molecule has 1 aromatic heterocycles. The number of hydrogen-bond acceptors (Lipinski definition) is 3. The minimum atomic E-state index is 0.505. The molecule has 1 N–H and O–H groups in total. The Balaban J connectivity index is 2.35. The number of hydrogen-bond donors (Lipinski definition) is 1. The van der Waals surface area contributed by atoms with Gasteiger partial charge in [0.05, 0.1) is 5.69 Å². The fourth-order valence-corrected chi connectivity index (χ4v) is 1.64. The molecule has 1 aliphatic carbocycles.